The van der Waals surface area contributed by atoms with Crippen LogP contribution in [-0.4, -0.2) is 9.97 Å². The Morgan fingerprint density at radius 1 is 1.33 bits per heavy atom. The molecule has 0 fully saturated rings. The molecular weight excluding hydrogens is 245 g/mol. The molecule has 4 N–H and O–H groups in total. The lowest BCUT2D eigenvalue weighted by molar-refractivity contribution is -0.136. The second-order valence-electron chi connectivity index (χ2n) is 3.73. The molecule has 1 aromatic heterocycles. The monoisotopic (exact) mass is 256 g/mol. The zero-order chi connectivity index (χ0) is 13.2. The first kappa shape index (κ1) is 12.3. The number of alkyl halides is 3. The van der Waals surface area contributed by atoms with Crippen molar-refractivity contribution < 1.29 is 13.2 Å². The van der Waals surface area contributed by atoms with E-state index in [2.05, 4.69) is 15.3 Å². The molecule has 2 aromatic rings. The number of halogens is 3. The Morgan fingerprint density at radius 3 is 2.72 bits per heavy atom. The van der Waals surface area contributed by atoms with Crippen molar-refractivity contribution >= 4 is 11.4 Å². The van der Waals surface area contributed by atoms with Crippen LogP contribution in [-0.2, 0) is 12.7 Å². The highest BCUT2D eigenvalue weighted by Gasteiger charge is 2.33. The highest BCUT2D eigenvalue weighted by molar-refractivity contribution is 5.58. The van der Waals surface area contributed by atoms with Gasteiger partial charge in [-0.2, -0.15) is 13.2 Å². The van der Waals surface area contributed by atoms with Gasteiger partial charge >= 0.3 is 6.18 Å². The average Bonchev–Trinajstić information content (AvgIpc) is 2.79. The molecule has 0 radical (unpaired) electrons. The van der Waals surface area contributed by atoms with E-state index in [9.17, 15) is 13.2 Å². The van der Waals surface area contributed by atoms with Gasteiger partial charge < -0.3 is 16.0 Å². The number of hydrogen-bond acceptors (Lipinski definition) is 3. The van der Waals surface area contributed by atoms with Crippen LogP contribution in [0.5, 0.6) is 0 Å². The SMILES string of the molecule is Nc1ccc(NCc2cnc[nH]2)cc1C(F)(F)F. The van der Waals surface area contributed by atoms with Crippen molar-refractivity contribution in [1.29, 1.82) is 0 Å². The minimum absolute atomic E-state index is 0.283. The van der Waals surface area contributed by atoms with E-state index in [1.807, 2.05) is 0 Å². The van der Waals surface area contributed by atoms with Crippen LogP contribution in [0.1, 0.15) is 11.3 Å². The number of rotatable bonds is 3. The Labute approximate surface area is 101 Å². The minimum Gasteiger partial charge on any atom is -0.398 e. The van der Waals surface area contributed by atoms with Gasteiger partial charge in [0.2, 0.25) is 0 Å². The fourth-order valence-electron chi connectivity index (χ4n) is 1.49. The molecule has 0 aliphatic carbocycles. The average molecular weight is 256 g/mol. The van der Waals surface area contributed by atoms with Crippen molar-refractivity contribution in [2.75, 3.05) is 11.1 Å². The maximum absolute atomic E-state index is 12.6. The number of nitrogens with zero attached hydrogens (tertiary/aromatic N) is 1. The van der Waals surface area contributed by atoms with Crippen LogP contribution in [0.4, 0.5) is 24.5 Å². The van der Waals surface area contributed by atoms with E-state index in [0.717, 1.165) is 11.8 Å². The van der Waals surface area contributed by atoms with Gasteiger partial charge in [-0.05, 0) is 18.2 Å². The summed E-state index contributed by atoms with van der Waals surface area (Å²) in [6.45, 7) is 0.362. The predicted octanol–water partition coefficient (Wildman–Crippen LogP) is 2.62. The molecule has 1 heterocycles. The molecule has 0 saturated carbocycles. The number of nitrogen functional groups attached to an aromatic ring is 1. The molecule has 0 aliphatic heterocycles. The Bertz CT molecular complexity index is 520. The minimum atomic E-state index is -4.45. The van der Waals surface area contributed by atoms with Crippen LogP contribution in [0.2, 0.25) is 0 Å². The number of aromatic amines is 1. The molecular formula is C11H11F3N4. The molecule has 0 unspecified atom stereocenters. The Kier molecular flexibility index (Phi) is 3.14. The third-order valence-corrected chi connectivity index (χ3v) is 2.40. The fraction of sp³-hybridized carbons (Fsp3) is 0.182. The number of imidazole rings is 1. The molecule has 18 heavy (non-hydrogen) atoms. The van der Waals surface area contributed by atoms with Gasteiger partial charge in [-0.3, -0.25) is 0 Å². The topological polar surface area (TPSA) is 66.7 Å². The molecule has 7 heteroatoms. The van der Waals surface area contributed by atoms with Crippen LogP contribution in [0.3, 0.4) is 0 Å². The van der Waals surface area contributed by atoms with Crippen molar-refractivity contribution in [3.05, 3.63) is 42.0 Å². The van der Waals surface area contributed by atoms with E-state index in [1.54, 1.807) is 6.20 Å². The molecule has 2 rings (SSSR count). The van der Waals surface area contributed by atoms with Crippen LogP contribution < -0.4 is 11.1 Å². The van der Waals surface area contributed by atoms with Crippen molar-refractivity contribution in [2.45, 2.75) is 12.7 Å². The molecule has 96 valence electrons. The van der Waals surface area contributed by atoms with E-state index < -0.39 is 11.7 Å². The Morgan fingerprint density at radius 2 is 2.11 bits per heavy atom. The summed E-state index contributed by atoms with van der Waals surface area (Å²) < 4.78 is 37.9. The van der Waals surface area contributed by atoms with Crippen molar-refractivity contribution in [2.24, 2.45) is 0 Å². The Balaban J connectivity index is 2.15. The van der Waals surface area contributed by atoms with Crippen LogP contribution in [0.25, 0.3) is 0 Å². The summed E-state index contributed by atoms with van der Waals surface area (Å²) in [5.41, 5.74) is 5.31. The van der Waals surface area contributed by atoms with E-state index >= 15 is 0 Å². The summed E-state index contributed by atoms with van der Waals surface area (Å²) in [5, 5.41) is 2.86. The maximum Gasteiger partial charge on any atom is 0.418 e. The third kappa shape index (κ3) is 2.73. The summed E-state index contributed by atoms with van der Waals surface area (Å²) in [5.74, 6) is 0. The van der Waals surface area contributed by atoms with Gasteiger partial charge in [0.1, 0.15) is 0 Å². The molecule has 0 spiro atoms. The largest absolute Gasteiger partial charge is 0.418 e. The number of H-pyrrole nitrogens is 1. The van der Waals surface area contributed by atoms with Gasteiger partial charge in [-0.1, -0.05) is 0 Å². The summed E-state index contributed by atoms with van der Waals surface area (Å²) in [7, 11) is 0. The highest BCUT2D eigenvalue weighted by atomic mass is 19.4. The van der Waals surface area contributed by atoms with Gasteiger partial charge in [0, 0.05) is 17.6 Å². The fourth-order valence-corrected chi connectivity index (χ4v) is 1.49. The second-order valence-corrected chi connectivity index (χ2v) is 3.73. The first-order valence-corrected chi connectivity index (χ1v) is 5.14. The lowest BCUT2D eigenvalue weighted by atomic mass is 10.1. The summed E-state index contributed by atoms with van der Waals surface area (Å²) >= 11 is 0. The van der Waals surface area contributed by atoms with Crippen molar-refractivity contribution in [3.63, 3.8) is 0 Å². The predicted molar refractivity (Wildman–Crippen MR) is 61.8 cm³/mol. The van der Waals surface area contributed by atoms with E-state index in [-0.39, 0.29) is 5.69 Å². The van der Waals surface area contributed by atoms with Gasteiger partial charge in [0.15, 0.2) is 0 Å². The lowest BCUT2D eigenvalue weighted by Gasteiger charge is -2.12. The molecule has 0 amide bonds. The quantitative estimate of drug-likeness (QED) is 0.739. The van der Waals surface area contributed by atoms with Crippen molar-refractivity contribution in [3.8, 4) is 0 Å². The second kappa shape index (κ2) is 4.59. The first-order chi connectivity index (χ1) is 8.47. The van der Waals surface area contributed by atoms with Gasteiger partial charge in [-0.25, -0.2) is 4.98 Å². The number of benzene rings is 1. The van der Waals surface area contributed by atoms with Crippen LogP contribution >= 0.6 is 0 Å². The normalized spacial score (nSPS) is 11.5. The molecule has 0 atom stereocenters. The number of nitrogens with two attached hydrogens (primary N) is 1. The van der Waals surface area contributed by atoms with Crippen LogP contribution in [0, 0.1) is 0 Å². The molecule has 0 saturated heterocycles. The molecule has 4 nitrogen and oxygen atoms in total. The highest BCUT2D eigenvalue weighted by Crippen LogP contribution is 2.35. The number of anilines is 2. The number of nitrogens with one attached hydrogen (secondary N) is 2. The summed E-state index contributed by atoms with van der Waals surface area (Å²) in [4.78, 5) is 6.65. The van der Waals surface area contributed by atoms with E-state index in [4.69, 9.17) is 5.73 Å². The number of hydrogen-bond donors (Lipinski definition) is 3. The van der Waals surface area contributed by atoms with Gasteiger partial charge in [0.25, 0.3) is 0 Å². The Hall–Kier alpha value is -2.18. The zero-order valence-corrected chi connectivity index (χ0v) is 9.25. The van der Waals surface area contributed by atoms with Gasteiger partial charge in [0.05, 0.1) is 24.1 Å². The van der Waals surface area contributed by atoms with E-state index in [1.165, 1.54) is 18.5 Å². The summed E-state index contributed by atoms with van der Waals surface area (Å²) in [6, 6.07) is 3.73. The lowest BCUT2D eigenvalue weighted by Crippen LogP contribution is -2.10. The molecule has 0 bridgehead atoms. The molecule has 1 aromatic carbocycles. The smallest absolute Gasteiger partial charge is 0.398 e. The first-order valence-electron chi connectivity index (χ1n) is 5.14. The zero-order valence-electron chi connectivity index (χ0n) is 9.25. The van der Waals surface area contributed by atoms with Crippen molar-refractivity contribution in [1.82, 2.24) is 9.97 Å². The summed E-state index contributed by atoms with van der Waals surface area (Å²) in [6.07, 6.45) is -1.36. The third-order valence-electron chi connectivity index (χ3n) is 2.40. The van der Waals surface area contributed by atoms with E-state index in [0.29, 0.717) is 12.2 Å². The number of aromatic nitrogens is 2. The maximum atomic E-state index is 12.6. The van der Waals surface area contributed by atoms with Gasteiger partial charge in [-0.15, -0.1) is 0 Å². The van der Waals surface area contributed by atoms with Crippen LogP contribution in [0.15, 0.2) is 30.7 Å². The standard InChI is InChI=1S/C11H11F3N4/c12-11(13,14)9-3-7(1-2-10(9)15)17-5-8-4-16-6-18-8/h1-4,6,17H,5,15H2,(H,16,18). The molecule has 0 aliphatic rings.